The number of amides is 1. The predicted octanol–water partition coefficient (Wildman–Crippen LogP) is 2.93. The highest BCUT2D eigenvalue weighted by molar-refractivity contribution is 6.06. The lowest BCUT2D eigenvalue weighted by molar-refractivity contribution is -0.117. The van der Waals surface area contributed by atoms with E-state index >= 15 is 0 Å². The maximum Gasteiger partial charge on any atom is 0.234 e. The summed E-state index contributed by atoms with van der Waals surface area (Å²) in [4.78, 5) is 18.0. The van der Waals surface area contributed by atoms with Crippen molar-refractivity contribution >= 4 is 22.9 Å². The van der Waals surface area contributed by atoms with E-state index in [1.54, 1.807) is 0 Å². The number of hydrogen-bond donors (Lipinski definition) is 3. The standard InChI is InChI=1S/C28H36N4O3/c1-20-8-9-23-25(19-20)30-28(34)26(23)27-22(21-5-2-3-7-24(21)29-27)6-4-10-31-11-13-32(14-12-31)15-17-35-18-16-33/h2-3,5-9,19,26-27,29,33H,4,10-18H2,1H3,(H,30,34). The molecule has 1 fully saturated rings. The topological polar surface area (TPSA) is 77.1 Å². The fourth-order valence-corrected chi connectivity index (χ4v) is 5.50. The van der Waals surface area contributed by atoms with Gasteiger partial charge in [-0.3, -0.25) is 9.69 Å². The second-order valence-corrected chi connectivity index (χ2v) is 9.69. The van der Waals surface area contributed by atoms with Crippen molar-refractivity contribution in [1.82, 2.24) is 9.80 Å². The fraction of sp³-hybridized carbons (Fsp3) is 0.464. The molecule has 2 unspecified atom stereocenters. The van der Waals surface area contributed by atoms with E-state index in [1.165, 1.54) is 11.1 Å². The van der Waals surface area contributed by atoms with Crippen LogP contribution in [0.4, 0.5) is 11.4 Å². The number of ether oxygens (including phenoxy) is 1. The van der Waals surface area contributed by atoms with Gasteiger partial charge in [-0.2, -0.15) is 0 Å². The van der Waals surface area contributed by atoms with Gasteiger partial charge in [0.05, 0.1) is 31.8 Å². The molecule has 35 heavy (non-hydrogen) atoms. The third-order valence-electron chi connectivity index (χ3n) is 7.36. The summed E-state index contributed by atoms with van der Waals surface area (Å²) in [5.41, 5.74) is 6.72. The molecule has 0 radical (unpaired) electrons. The Morgan fingerprint density at radius 2 is 1.80 bits per heavy atom. The Morgan fingerprint density at radius 1 is 1.03 bits per heavy atom. The number of piperazine rings is 1. The van der Waals surface area contributed by atoms with Crippen LogP contribution in [0.2, 0.25) is 0 Å². The number of para-hydroxylation sites is 1. The lowest BCUT2D eigenvalue weighted by Gasteiger charge is -2.34. The third-order valence-corrected chi connectivity index (χ3v) is 7.36. The SMILES string of the molecule is Cc1ccc2c(c1)NC(=O)C2C1Nc2ccccc2C1=CCCN1CCN(CCOCCO)CC1. The number of nitrogens with one attached hydrogen (secondary N) is 2. The molecule has 186 valence electrons. The van der Waals surface area contributed by atoms with Crippen molar-refractivity contribution in [1.29, 1.82) is 0 Å². The molecule has 3 aliphatic heterocycles. The number of benzene rings is 2. The number of aliphatic hydroxyl groups excluding tert-OH is 1. The molecule has 3 heterocycles. The van der Waals surface area contributed by atoms with E-state index in [1.807, 2.05) is 6.07 Å². The quantitative estimate of drug-likeness (QED) is 0.483. The zero-order valence-electron chi connectivity index (χ0n) is 20.5. The summed E-state index contributed by atoms with van der Waals surface area (Å²) in [6.45, 7) is 9.38. The molecular weight excluding hydrogens is 440 g/mol. The van der Waals surface area contributed by atoms with E-state index in [2.05, 4.69) is 69.8 Å². The number of hydrogen-bond acceptors (Lipinski definition) is 6. The molecule has 0 saturated carbocycles. The number of anilines is 2. The van der Waals surface area contributed by atoms with Gasteiger partial charge < -0.3 is 25.4 Å². The van der Waals surface area contributed by atoms with E-state index in [0.29, 0.717) is 13.2 Å². The number of carbonyl (C=O) groups is 1. The molecule has 0 bridgehead atoms. The number of rotatable bonds is 9. The average molecular weight is 477 g/mol. The number of nitrogens with zero attached hydrogens (tertiary/aromatic N) is 2. The van der Waals surface area contributed by atoms with Gasteiger partial charge >= 0.3 is 0 Å². The number of carbonyl (C=O) groups excluding carboxylic acids is 1. The van der Waals surface area contributed by atoms with Crippen LogP contribution in [0.1, 0.15) is 29.0 Å². The first kappa shape index (κ1) is 24.0. The maximum absolute atomic E-state index is 13.1. The summed E-state index contributed by atoms with van der Waals surface area (Å²) in [5.74, 6) is -0.165. The van der Waals surface area contributed by atoms with Gasteiger partial charge in [-0.25, -0.2) is 0 Å². The van der Waals surface area contributed by atoms with Gasteiger partial charge in [-0.1, -0.05) is 36.4 Å². The molecule has 0 aliphatic carbocycles. The van der Waals surface area contributed by atoms with Crippen LogP contribution in [0.5, 0.6) is 0 Å². The monoisotopic (exact) mass is 476 g/mol. The molecule has 2 aromatic rings. The highest BCUT2D eigenvalue weighted by Crippen LogP contribution is 2.45. The molecule has 5 rings (SSSR count). The van der Waals surface area contributed by atoms with Crippen molar-refractivity contribution in [2.75, 3.05) is 69.7 Å². The van der Waals surface area contributed by atoms with Crippen LogP contribution in [-0.4, -0.2) is 85.9 Å². The van der Waals surface area contributed by atoms with Crippen LogP contribution in [-0.2, 0) is 9.53 Å². The number of fused-ring (bicyclic) bond motifs is 2. The van der Waals surface area contributed by atoms with Crippen molar-refractivity contribution in [3.05, 3.63) is 65.2 Å². The summed E-state index contributed by atoms with van der Waals surface area (Å²) >= 11 is 0. The van der Waals surface area contributed by atoms with E-state index in [-0.39, 0.29) is 24.5 Å². The first-order valence-corrected chi connectivity index (χ1v) is 12.7. The zero-order chi connectivity index (χ0) is 24.2. The minimum Gasteiger partial charge on any atom is -0.394 e. The summed E-state index contributed by atoms with van der Waals surface area (Å²) in [7, 11) is 0. The van der Waals surface area contributed by atoms with Crippen LogP contribution in [0.25, 0.3) is 5.57 Å². The highest BCUT2D eigenvalue weighted by atomic mass is 16.5. The van der Waals surface area contributed by atoms with E-state index in [0.717, 1.165) is 68.2 Å². The first-order chi connectivity index (χ1) is 17.1. The van der Waals surface area contributed by atoms with Crippen LogP contribution in [0.3, 0.4) is 0 Å². The van der Waals surface area contributed by atoms with Crippen LogP contribution >= 0.6 is 0 Å². The molecule has 2 atom stereocenters. The lowest BCUT2D eigenvalue weighted by Crippen LogP contribution is -2.47. The summed E-state index contributed by atoms with van der Waals surface area (Å²) in [6, 6.07) is 14.6. The average Bonchev–Trinajstić information content (AvgIpc) is 3.38. The van der Waals surface area contributed by atoms with E-state index in [9.17, 15) is 4.79 Å². The van der Waals surface area contributed by atoms with Crippen molar-refractivity contribution in [2.45, 2.75) is 25.3 Å². The minimum atomic E-state index is -0.235. The van der Waals surface area contributed by atoms with Crippen molar-refractivity contribution in [3.63, 3.8) is 0 Å². The largest absolute Gasteiger partial charge is 0.394 e. The number of aliphatic hydroxyl groups is 1. The maximum atomic E-state index is 13.1. The molecule has 0 spiro atoms. The van der Waals surface area contributed by atoms with Gasteiger partial charge in [0.25, 0.3) is 0 Å². The Balaban J connectivity index is 1.24. The second kappa shape index (κ2) is 10.9. The molecular formula is C28H36N4O3. The van der Waals surface area contributed by atoms with Gasteiger partial charge in [0.15, 0.2) is 0 Å². The Hall–Kier alpha value is -2.71. The van der Waals surface area contributed by atoms with Gasteiger partial charge in [-0.05, 0) is 42.2 Å². The van der Waals surface area contributed by atoms with E-state index in [4.69, 9.17) is 9.84 Å². The van der Waals surface area contributed by atoms with Crippen molar-refractivity contribution in [3.8, 4) is 0 Å². The lowest BCUT2D eigenvalue weighted by atomic mass is 9.86. The summed E-state index contributed by atoms with van der Waals surface area (Å²) < 4.78 is 5.40. The highest BCUT2D eigenvalue weighted by Gasteiger charge is 2.42. The molecule has 7 nitrogen and oxygen atoms in total. The molecule has 1 saturated heterocycles. The Morgan fingerprint density at radius 3 is 2.60 bits per heavy atom. The zero-order valence-corrected chi connectivity index (χ0v) is 20.5. The fourth-order valence-electron chi connectivity index (χ4n) is 5.50. The van der Waals surface area contributed by atoms with Gasteiger partial charge in [0.1, 0.15) is 0 Å². The van der Waals surface area contributed by atoms with E-state index < -0.39 is 0 Å². The molecule has 2 aromatic carbocycles. The van der Waals surface area contributed by atoms with Crippen molar-refractivity contribution < 1.29 is 14.6 Å². The Kier molecular flexibility index (Phi) is 7.48. The van der Waals surface area contributed by atoms with Crippen LogP contribution in [0.15, 0.2) is 48.5 Å². The molecule has 0 aromatic heterocycles. The molecule has 1 amide bonds. The smallest absolute Gasteiger partial charge is 0.234 e. The normalized spacial score (nSPS) is 23.3. The van der Waals surface area contributed by atoms with Crippen LogP contribution in [0, 0.1) is 6.92 Å². The molecule has 3 aliphatic rings. The molecule has 7 heteroatoms. The van der Waals surface area contributed by atoms with Gasteiger partial charge in [0, 0.05) is 56.2 Å². The Labute approximate surface area is 207 Å². The first-order valence-electron chi connectivity index (χ1n) is 12.7. The number of aryl methyl sites for hydroxylation is 1. The summed E-state index contributed by atoms with van der Waals surface area (Å²) in [6.07, 6.45) is 3.30. The Bertz CT molecular complexity index is 1080. The van der Waals surface area contributed by atoms with Gasteiger partial charge in [0.2, 0.25) is 5.91 Å². The third kappa shape index (κ3) is 5.28. The van der Waals surface area contributed by atoms with Crippen LogP contribution < -0.4 is 10.6 Å². The molecule has 3 N–H and O–H groups in total. The minimum absolute atomic E-state index is 0.0628. The van der Waals surface area contributed by atoms with Crippen molar-refractivity contribution in [2.24, 2.45) is 0 Å². The summed E-state index contributed by atoms with van der Waals surface area (Å²) in [5, 5.41) is 15.6. The van der Waals surface area contributed by atoms with Gasteiger partial charge in [-0.15, -0.1) is 0 Å². The second-order valence-electron chi connectivity index (χ2n) is 9.69. The predicted molar refractivity (Wildman–Crippen MR) is 140 cm³/mol.